The van der Waals surface area contributed by atoms with Gasteiger partial charge < -0.3 is 5.32 Å². The average molecular weight is 296 g/mol. The van der Waals surface area contributed by atoms with Gasteiger partial charge in [-0.15, -0.1) is 0 Å². The molecule has 3 nitrogen and oxygen atoms in total. The molecule has 0 aliphatic rings. The van der Waals surface area contributed by atoms with E-state index in [1.54, 1.807) is 0 Å². The molecule has 2 aromatic carbocycles. The molecule has 4 heteroatoms. The van der Waals surface area contributed by atoms with Gasteiger partial charge in [-0.25, -0.2) is 9.97 Å². The SMILES string of the molecule is CNc1cc(-c2ccccc2)nc(-c2cccc(Cl)c2)n1. The summed E-state index contributed by atoms with van der Waals surface area (Å²) >= 11 is 6.05. The first-order chi connectivity index (χ1) is 10.3. The molecule has 1 N–H and O–H groups in total. The van der Waals surface area contributed by atoms with E-state index in [9.17, 15) is 0 Å². The minimum atomic E-state index is 0.656. The molecule has 0 fully saturated rings. The zero-order chi connectivity index (χ0) is 14.7. The van der Waals surface area contributed by atoms with Gasteiger partial charge in [0.2, 0.25) is 0 Å². The van der Waals surface area contributed by atoms with Crippen molar-refractivity contribution in [3.63, 3.8) is 0 Å². The molecule has 0 aliphatic heterocycles. The fourth-order valence-corrected chi connectivity index (χ4v) is 2.28. The molecule has 0 spiro atoms. The Morgan fingerprint density at radius 1 is 0.857 bits per heavy atom. The van der Waals surface area contributed by atoms with Crippen LogP contribution in [0.1, 0.15) is 0 Å². The summed E-state index contributed by atoms with van der Waals surface area (Å²) in [5.74, 6) is 1.43. The molecule has 0 atom stereocenters. The Morgan fingerprint density at radius 3 is 2.33 bits per heavy atom. The van der Waals surface area contributed by atoms with Crippen molar-refractivity contribution in [3.8, 4) is 22.6 Å². The summed E-state index contributed by atoms with van der Waals surface area (Å²) in [5.41, 5.74) is 2.83. The van der Waals surface area contributed by atoms with Gasteiger partial charge >= 0.3 is 0 Å². The minimum absolute atomic E-state index is 0.656. The number of benzene rings is 2. The van der Waals surface area contributed by atoms with Crippen LogP contribution in [0, 0.1) is 0 Å². The molecule has 0 saturated carbocycles. The predicted octanol–water partition coefficient (Wildman–Crippen LogP) is 4.51. The third-order valence-electron chi connectivity index (χ3n) is 3.13. The normalized spacial score (nSPS) is 10.4. The largest absolute Gasteiger partial charge is 0.373 e. The lowest BCUT2D eigenvalue weighted by Gasteiger charge is -2.08. The van der Waals surface area contributed by atoms with Crippen molar-refractivity contribution in [1.29, 1.82) is 0 Å². The van der Waals surface area contributed by atoms with Gasteiger partial charge in [0.15, 0.2) is 5.82 Å². The van der Waals surface area contributed by atoms with Gasteiger partial charge in [-0.1, -0.05) is 54.1 Å². The van der Waals surface area contributed by atoms with E-state index in [1.807, 2.05) is 67.7 Å². The fourth-order valence-electron chi connectivity index (χ4n) is 2.09. The molecular weight excluding hydrogens is 282 g/mol. The Kier molecular flexibility index (Phi) is 3.84. The van der Waals surface area contributed by atoms with Crippen molar-refractivity contribution < 1.29 is 0 Å². The third-order valence-corrected chi connectivity index (χ3v) is 3.37. The first-order valence-corrected chi connectivity index (χ1v) is 7.02. The number of nitrogens with one attached hydrogen (secondary N) is 1. The second kappa shape index (κ2) is 5.94. The van der Waals surface area contributed by atoms with Crippen LogP contribution in [0.2, 0.25) is 5.02 Å². The zero-order valence-electron chi connectivity index (χ0n) is 11.5. The monoisotopic (exact) mass is 295 g/mol. The van der Waals surface area contributed by atoms with Crippen molar-refractivity contribution in [2.45, 2.75) is 0 Å². The third kappa shape index (κ3) is 3.03. The number of nitrogens with zero attached hydrogens (tertiary/aromatic N) is 2. The molecule has 1 aromatic heterocycles. The van der Waals surface area contributed by atoms with Crippen LogP contribution in [0.15, 0.2) is 60.7 Å². The highest BCUT2D eigenvalue weighted by molar-refractivity contribution is 6.30. The minimum Gasteiger partial charge on any atom is -0.373 e. The first-order valence-electron chi connectivity index (χ1n) is 6.64. The standard InChI is InChI=1S/C17H14ClN3/c1-19-16-11-15(12-6-3-2-4-7-12)20-17(21-16)13-8-5-9-14(18)10-13/h2-11H,1H3,(H,19,20,21). The van der Waals surface area contributed by atoms with E-state index in [1.165, 1.54) is 0 Å². The van der Waals surface area contributed by atoms with Crippen LogP contribution in [0.5, 0.6) is 0 Å². The fraction of sp³-hybridized carbons (Fsp3) is 0.0588. The van der Waals surface area contributed by atoms with E-state index in [2.05, 4.69) is 15.3 Å². The van der Waals surface area contributed by atoms with Crippen molar-refractivity contribution in [2.24, 2.45) is 0 Å². The average Bonchev–Trinajstić information content (AvgIpc) is 2.55. The van der Waals surface area contributed by atoms with Crippen LogP contribution < -0.4 is 5.32 Å². The highest BCUT2D eigenvalue weighted by Crippen LogP contribution is 2.25. The number of anilines is 1. The molecule has 0 bridgehead atoms. The summed E-state index contributed by atoms with van der Waals surface area (Å²) in [6.45, 7) is 0. The first kappa shape index (κ1) is 13.6. The molecule has 21 heavy (non-hydrogen) atoms. The maximum atomic E-state index is 6.05. The van der Waals surface area contributed by atoms with Gasteiger partial charge in [-0.2, -0.15) is 0 Å². The lowest BCUT2D eigenvalue weighted by Crippen LogP contribution is -1.98. The second-order valence-corrected chi connectivity index (χ2v) is 5.02. The summed E-state index contributed by atoms with van der Waals surface area (Å²) < 4.78 is 0. The summed E-state index contributed by atoms with van der Waals surface area (Å²) in [6, 6.07) is 19.5. The molecule has 0 amide bonds. The van der Waals surface area contributed by atoms with Gasteiger partial charge in [0.1, 0.15) is 5.82 Å². The Hall–Kier alpha value is -2.39. The van der Waals surface area contributed by atoms with Gasteiger partial charge in [0, 0.05) is 29.3 Å². The van der Waals surface area contributed by atoms with Gasteiger partial charge in [0.05, 0.1) is 5.69 Å². The van der Waals surface area contributed by atoms with Crippen LogP contribution in [-0.2, 0) is 0 Å². The van der Waals surface area contributed by atoms with E-state index in [4.69, 9.17) is 11.6 Å². The van der Waals surface area contributed by atoms with Gasteiger partial charge in [0.25, 0.3) is 0 Å². The molecule has 3 rings (SSSR count). The highest BCUT2D eigenvalue weighted by Gasteiger charge is 2.08. The number of aromatic nitrogens is 2. The van der Waals surface area contributed by atoms with E-state index in [-0.39, 0.29) is 0 Å². The van der Waals surface area contributed by atoms with Crippen molar-refractivity contribution in [3.05, 3.63) is 65.7 Å². The van der Waals surface area contributed by atoms with Crippen molar-refractivity contribution in [2.75, 3.05) is 12.4 Å². The van der Waals surface area contributed by atoms with Crippen LogP contribution in [0.4, 0.5) is 5.82 Å². The lowest BCUT2D eigenvalue weighted by molar-refractivity contribution is 1.17. The van der Waals surface area contributed by atoms with Crippen LogP contribution >= 0.6 is 11.6 Å². The molecule has 0 radical (unpaired) electrons. The molecule has 0 unspecified atom stereocenters. The van der Waals surface area contributed by atoms with Crippen molar-refractivity contribution in [1.82, 2.24) is 9.97 Å². The van der Waals surface area contributed by atoms with E-state index in [0.717, 1.165) is 22.6 Å². The number of hydrogen-bond donors (Lipinski definition) is 1. The topological polar surface area (TPSA) is 37.8 Å². The molecule has 104 valence electrons. The smallest absolute Gasteiger partial charge is 0.162 e. The Balaban J connectivity index is 2.14. The maximum Gasteiger partial charge on any atom is 0.162 e. The summed E-state index contributed by atoms with van der Waals surface area (Å²) in [7, 11) is 1.85. The Labute approximate surface area is 128 Å². The van der Waals surface area contributed by atoms with E-state index < -0.39 is 0 Å². The molecular formula is C17H14ClN3. The van der Waals surface area contributed by atoms with E-state index in [0.29, 0.717) is 10.8 Å². The Bertz CT molecular complexity index is 757. The zero-order valence-corrected chi connectivity index (χ0v) is 12.3. The number of halogens is 1. The molecule has 3 aromatic rings. The predicted molar refractivity (Wildman–Crippen MR) is 87.5 cm³/mol. The number of rotatable bonds is 3. The van der Waals surface area contributed by atoms with E-state index >= 15 is 0 Å². The van der Waals surface area contributed by atoms with Gasteiger partial charge in [-0.05, 0) is 12.1 Å². The molecule has 1 heterocycles. The maximum absolute atomic E-state index is 6.05. The lowest BCUT2D eigenvalue weighted by atomic mass is 10.1. The highest BCUT2D eigenvalue weighted by atomic mass is 35.5. The summed E-state index contributed by atoms with van der Waals surface area (Å²) in [4.78, 5) is 9.16. The molecule has 0 aliphatic carbocycles. The van der Waals surface area contributed by atoms with Crippen LogP contribution in [0.3, 0.4) is 0 Å². The van der Waals surface area contributed by atoms with Crippen molar-refractivity contribution >= 4 is 17.4 Å². The number of hydrogen-bond acceptors (Lipinski definition) is 3. The quantitative estimate of drug-likeness (QED) is 0.773. The Morgan fingerprint density at radius 2 is 1.62 bits per heavy atom. The molecule has 0 saturated heterocycles. The summed E-state index contributed by atoms with van der Waals surface area (Å²) in [6.07, 6.45) is 0. The van der Waals surface area contributed by atoms with Crippen LogP contribution in [0.25, 0.3) is 22.6 Å². The summed E-state index contributed by atoms with van der Waals surface area (Å²) in [5, 5.41) is 3.75. The van der Waals surface area contributed by atoms with Gasteiger partial charge in [-0.3, -0.25) is 0 Å². The second-order valence-electron chi connectivity index (χ2n) is 4.59. The van der Waals surface area contributed by atoms with Crippen LogP contribution in [-0.4, -0.2) is 17.0 Å².